The second kappa shape index (κ2) is 14.7. The Kier molecular flexibility index (Phi) is 12.5. The van der Waals surface area contributed by atoms with Crippen LogP contribution in [-0.4, -0.2) is 66.3 Å². The van der Waals surface area contributed by atoms with Crippen LogP contribution in [0, 0.1) is 18.7 Å². The van der Waals surface area contributed by atoms with E-state index in [9.17, 15) is 40.3 Å². The molecule has 5 nitrogen and oxygen atoms in total. The van der Waals surface area contributed by atoms with E-state index < -0.39 is 53.6 Å². The van der Waals surface area contributed by atoms with Crippen LogP contribution in [-0.2, 0) is 28.5 Å². The number of aryl methyl sites for hydroxylation is 1. The molecule has 0 N–H and O–H groups in total. The molecule has 2 atom stereocenters. The molecular weight excluding hydrogens is 603 g/mol. The van der Waals surface area contributed by atoms with Gasteiger partial charge in [-0.05, 0) is 73.5 Å². The highest BCUT2D eigenvalue weighted by atomic mass is 35.5. The van der Waals surface area contributed by atoms with Crippen molar-refractivity contribution in [2.75, 3.05) is 39.8 Å². The third-order valence-corrected chi connectivity index (χ3v) is 7.89. The van der Waals surface area contributed by atoms with E-state index in [0.29, 0.717) is 29.8 Å². The average molecular weight is 640 g/mol. The first kappa shape index (κ1) is 36.3. The fraction of sp³-hybridized carbons (Fsp3) is 0.533. The van der Waals surface area contributed by atoms with Crippen molar-refractivity contribution in [3.8, 4) is 0 Å². The number of likely N-dealkylation sites (tertiary alicyclic amines) is 1. The van der Waals surface area contributed by atoms with Gasteiger partial charge in [-0.15, -0.1) is 12.4 Å². The summed E-state index contributed by atoms with van der Waals surface area (Å²) in [4.78, 5) is 31.7. The van der Waals surface area contributed by atoms with Gasteiger partial charge >= 0.3 is 12.4 Å². The van der Waals surface area contributed by atoms with Gasteiger partial charge in [0.15, 0.2) is 0 Å². The zero-order valence-corrected chi connectivity index (χ0v) is 25.3. The summed E-state index contributed by atoms with van der Waals surface area (Å²) in [6, 6.07) is 5.40. The van der Waals surface area contributed by atoms with E-state index in [2.05, 4.69) is 4.90 Å². The highest BCUT2D eigenvalue weighted by Gasteiger charge is 2.40. The van der Waals surface area contributed by atoms with E-state index in [-0.39, 0.29) is 55.9 Å². The van der Waals surface area contributed by atoms with Gasteiger partial charge in [0.25, 0.3) is 0 Å². The number of hydrogen-bond donors (Lipinski definition) is 0. The van der Waals surface area contributed by atoms with Gasteiger partial charge in [0.2, 0.25) is 11.8 Å². The van der Waals surface area contributed by atoms with E-state index in [0.717, 1.165) is 18.0 Å². The van der Waals surface area contributed by atoms with Crippen molar-refractivity contribution in [1.29, 1.82) is 0 Å². The summed E-state index contributed by atoms with van der Waals surface area (Å²) in [5, 5.41) is 0. The fourth-order valence-electron chi connectivity index (χ4n) is 5.54. The highest BCUT2D eigenvalue weighted by molar-refractivity contribution is 5.85. The number of rotatable bonds is 9. The highest BCUT2D eigenvalue weighted by Crippen LogP contribution is 2.38. The van der Waals surface area contributed by atoms with Gasteiger partial charge in [0, 0.05) is 51.5 Å². The largest absolute Gasteiger partial charge is 0.416 e. The van der Waals surface area contributed by atoms with E-state index in [1.807, 2.05) is 13.8 Å². The third-order valence-electron chi connectivity index (χ3n) is 7.89. The zero-order chi connectivity index (χ0) is 31.4. The van der Waals surface area contributed by atoms with E-state index in [4.69, 9.17) is 0 Å². The Labute approximate surface area is 253 Å². The lowest BCUT2D eigenvalue weighted by molar-refractivity contribution is -0.143. The van der Waals surface area contributed by atoms with E-state index in [1.165, 1.54) is 19.2 Å². The van der Waals surface area contributed by atoms with Gasteiger partial charge < -0.3 is 14.7 Å². The minimum absolute atomic E-state index is 0. The Morgan fingerprint density at radius 2 is 1.53 bits per heavy atom. The van der Waals surface area contributed by atoms with Gasteiger partial charge in [-0.1, -0.05) is 19.9 Å². The number of benzene rings is 2. The maximum Gasteiger partial charge on any atom is 0.416 e. The van der Waals surface area contributed by atoms with Crippen LogP contribution in [0.25, 0.3) is 0 Å². The summed E-state index contributed by atoms with van der Waals surface area (Å²) in [5.41, 5.74) is -1.99. The molecule has 2 aromatic carbocycles. The summed E-state index contributed by atoms with van der Waals surface area (Å²) < 4.78 is 94.1. The standard InChI is InChI=1S/C30H36F7N3O2.ClH/c1-5-39(6-2)11-10-27(41)40-12-9-25(26(18-40)24-8-7-23(31)13-19(24)3)28(42)38(4)17-20-14-21(29(32,33)34)16-22(15-20)30(35,36)37;/h7-8,13-16,25-26H,5-6,9-12,17-18H2,1-4H3;1H/t25-,26+;/m1./s1. The Hall–Kier alpha value is -2.86. The molecule has 13 heteroatoms. The topological polar surface area (TPSA) is 43.9 Å². The molecule has 43 heavy (non-hydrogen) atoms. The number of piperidine rings is 1. The number of hydrogen-bond acceptors (Lipinski definition) is 3. The van der Waals surface area contributed by atoms with Gasteiger partial charge in [0.1, 0.15) is 5.82 Å². The van der Waals surface area contributed by atoms with Crippen LogP contribution < -0.4 is 0 Å². The van der Waals surface area contributed by atoms with Crippen LogP contribution >= 0.6 is 12.4 Å². The molecule has 0 spiro atoms. The monoisotopic (exact) mass is 639 g/mol. The lowest BCUT2D eigenvalue weighted by Crippen LogP contribution is -2.48. The van der Waals surface area contributed by atoms with Crippen LogP contribution in [0.3, 0.4) is 0 Å². The molecule has 0 radical (unpaired) electrons. The zero-order valence-electron chi connectivity index (χ0n) is 24.5. The van der Waals surface area contributed by atoms with Gasteiger partial charge in [-0.25, -0.2) is 4.39 Å². The quantitative estimate of drug-likeness (QED) is 0.280. The molecule has 2 amide bonds. The van der Waals surface area contributed by atoms with E-state index >= 15 is 0 Å². The molecule has 2 aromatic rings. The third kappa shape index (κ3) is 9.31. The first-order valence-corrected chi connectivity index (χ1v) is 13.8. The fourth-order valence-corrected chi connectivity index (χ4v) is 5.54. The minimum Gasteiger partial charge on any atom is -0.342 e. The molecule has 0 aliphatic carbocycles. The SMILES string of the molecule is CCN(CC)CCC(=O)N1CC[C@@H](C(=O)N(C)Cc2cc(C(F)(F)F)cc(C(F)(F)F)c2)[C@H](c2ccc(F)cc2C)C1.Cl. The summed E-state index contributed by atoms with van der Waals surface area (Å²) >= 11 is 0. The molecule has 0 aromatic heterocycles. The van der Waals surface area contributed by atoms with Crippen molar-refractivity contribution in [2.24, 2.45) is 5.92 Å². The Morgan fingerprint density at radius 1 is 0.953 bits per heavy atom. The van der Waals surface area contributed by atoms with Crippen LogP contribution in [0.5, 0.6) is 0 Å². The second-order valence-electron chi connectivity index (χ2n) is 10.7. The summed E-state index contributed by atoms with van der Waals surface area (Å²) in [6.45, 7) is 7.80. The summed E-state index contributed by atoms with van der Waals surface area (Å²) in [5.74, 6) is -2.30. The van der Waals surface area contributed by atoms with Crippen molar-refractivity contribution in [1.82, 2.24) is 14.7 Å². The maximum atomic E-state index is 13.9. The smallest absolute Gasteiger partial charge is 0.342 e. The van der Waals surface area contributed by atoms with Crippen LogP contribution in [0.4, 0.5) is 30.7 Å². The Bertz CT molecular complexity index is 1230. The van der Waals surface area contributed by atoms with Crippen molar-refractivity contribution >= 4 is 24.2 Å². The van der Waals surface area contributed by atoms with Crippen LogP contribution in [0.1, 0.15) is 60.4 Å². The molecule has 1 aliphatic rings. The summed E-state index contributed by atoms with van der Waals surface area (Å²) in [6.07, 6.45) is -9.49. The molecule has 240 valence electrons. The number of nitrogens with zero attached hydrogens (tertiary/aromatic N) is 3. The predicted octanol–water partition coefficient (Wildman–Crippen LogP) is 6.92. The molecule has 1 saturated heterocycles. The van der Waals surface area contributed by atoms with Crippen molar-refractivity contribution in [3.05, 3.63) is 70.0 Å². The lowest BCUT2D eigenvalue weighted by atomic mass is 9.78. The average Bonchev–Trinajstić information content (AvgIpc) is 2.91. The molecule has 0 bridgehead atoms. The Balaban J connectivity index is 0.00000645. The predicted molar refractivity (Wildman–Crippen MR) is 151 cm³/mol. The van der Waals surface area contributed by atoms with Gasteiger partial charge in [0.05, 0.1) is 11.1 Å². The molecule has 1 aliphatic heterocycles. The maximum absolute atomic E-state index is 13.9. The van der Waals surface area contributed by atoms with Crippen molar-refractivity contribution < 1.29 is 40.3 Å². The number of carbonyl (C=O) groups is 2. The number of carbonyl (C=O) groups excluding carboxylic acids is 2. The van der Waals surface area contributed by atoms with Gasteiger partial charge in [-0.2, -0.15) is 26.3 Å². The molecule has 1 fully saturated rings. The number of halogens is 8. The molecular formula is C30H37ClF7N3O2. The van der Waals surface area contributed by atoms with Crippen LogP contribution in [0.15, 0.2) is 36.4 Å². The normalized spacial score (nSPS) is 17.5. The number of amides is 2. The molecule has 3 rings (SSSR count). The van der Waals surface area contributed by atoms with Crippen molar-refractivity contribution in [3.63, 3.8) is 0 Å². The Morgan fingerprint density at radius 3 is 2.05 bits per heavy atom. The molecule has 1 heterocycles. The molecule has 0 saturated carbocycles. The summed E-state index contributed by atoms with van der Waals surface area (Å²) in [7, 11) is 1.33. The molecule has 0 unspecified atom stereocenters. The minimum atomic E-state index is -5.01. The van der Waals surface area contributed by atoms with Crippen molar-refractivity contribution in [2.45, 2.75) is 58.4 Å². The lowest BCUT2D eigenvalue weighted by Gasteiger charge is -2.40. The number of alkyl halides is 6. The van der Waals surface area contributed by atoms with E-state index in [1.54, 1.807) is 17.9 Å². The van der Waals surface area contributed by atoms with Gasteiger partial charge in [-0.3, -0.25) is 9.59 Å². The first-order valence-electron chi connectivity index (χ1n) is 13.8. The van der Waals surface area contributed by atoms with Crippen LogP contribution in [0.2, 0.25) is 0 Å². The second-order valence-corrected chi connectivity index (χ2v) is 10.7. The first-order chi connectivity index (χ1) is 19.5.